The molecule has 0 radical (unpaired) electrons. The van der Waals surface area contributed by atoms with Crippen LogP contribution < -0.4 is 4.31 Å². The average molecular weight is 385 g/mol. The van der Waals surface area contributed by atoms with Crippen molar-refractivity contribution in [3.8, 4) is 0 Å². The highest BCUT2D eigenvalue weighted by Crippen LogP contribution is 2.22. The molecule has 6 heteroatoms. The lowest BCUT2D eigenvalue weighted by Gasteiger charge is -2.19. The Balaban J connectivity index is 1.67. The minimum absolute atomic E-state index is 0.128. The molecule has 0 fully saturated rings. The summed E-state index contributed by atoms with van der Waals surface area (Å²) in [5.74, 6) is -0.0666. The maximum Gasteiger partial charge on any atom is 0.338 e. The maximum atomic E-state index is 12.7. The van der Waals surface area contributed by atoms with E-state index in [-0.39, 0.29) is 4.90 Å². The van der Waals surface area contributed by atoms with Gasteiger partial charge in [-0.05, 0) is 61.6 Å². The van der Waals surface area contributed by atoms with Crippen molar-refractivity contribution >= 4 is 21.7 Å². The first kappa shape index (κ1) is 19.2. The largest absolute Gasteiger partial charge is 0.462 e. The molecule has 0 spiro atoms. The molecule has 142 valence electrons. The van der Waals surface area contributed by atoms with Crippen LogP contribution >= 0.6 is 0 Å². The summed E-state index contributed by atoms with van der Waals surface area (Å²) in [7, 11) is -2.18. The normalized spacial score (nSPS) is 16.7. The summed E-state index contributed by atoms with van der Waals surface area (Å²) < 4.78 is 32.1. The molecule has 0 heterocycles. The fourth-order valence-electron chi connectivity index (χ4n) is 2.98. The first-order valence-corrected chi connectivity index (χ1v) is 10.4. The average Bonchev–Trinajstić information content (AvgIpc) is 2.73. The number of carbonyl (C=O) groups is 1. The van der Waals surface area contributed by atoms with Gasteiger partial charge in [0, 0.05) is 7.05 Å². The summed E-state index contributed by atoms with van der Waals surface area (Å²) in [6.45, 7) is 0.389. The van der Waals surface area contributed by atoms with Gasteiger partial charge in [-0.3, -0.25) is 4.31 Å². The van der Waals surface area contributed by atoms with Crippen LogP contribution in [-0.4, -0.2) is 28.0 Å². The second-order valence-corrected chi connectivity index (χ2v) is 8.55. The number of nitrogens with zero attached hydrogens (tertiary/aromatic N) is 1. The van der Waals surface area contributed by atoms with Crippen LogP contribution in [0.25, 0.3) is 0 Å². The Labute approximate surface area is 160 Å². The van der Waals surface area contributed by atoms with E-state index in [9.17, 15) is 13.2 Å². The van der Waals surface area contributed by atoms with E-state index in [1.807, 2.05) is 6.07 Å². The van der Waals surface area contributed by atoms with Crippen LogP contribution in [-0.2, 0) is 14.8 Å². The van der Waals surface area contributed by atoms with Gasteiger partial charge in [0.15, 0.2) is 0 Å². The monoisotopic (exact) mass is 385 g/mol. The Morgan fingerprint density at radius 2 is 1.78 bits per heavy atom. The Hall–Kier alpha value is -2.60. The van der Waals surface area contributed by atoms with Crippen LogP contribution in [0.4, 0.5) is 5.69 Å². The van der Waals surface area contributed by atoms with E-state index in [2.05, 4.69) is 12.2 Å². The van der Waals surface area contributed by atoms with Gasteiger partial charge in [0.1, 0.15) is 0 Å². The number of carbonyl (C=O) groups excluding carboxylic acids is 1. The van der Waals surface area contributed by atoms with Crippen molar-refractivity contribution in [3.63, 3.8) is 0 Å². The van der Waals surface area contributed by atoms with Gasteiger partial charge >= 0.3 is 5.97 Å². The van der Waals surface area contributed by atoms with Gasteiger partial charge in [0.2, 0.25) is 0 Å². The van der Waals surface area contributed by atoms with Crippen molar-refractivity contribution in [1.82, 2.24) is 0 Å². The lowest BCUT2D eigenvalue weighted by atomic mass is 9.95. The third kappa shape index (κ3) is 4.57. The Morgan fingerprint density at radius 1 is 1.07 bits per heavy atom. The number of ether oxygens (including phenoxy) is 1. The molecule has 0 aromatic heterocycles. The topological polar surface area (TPSA) is 63.7 Å². The van der Waals surface area contributed by atoms with E-state index < -0.39 is 16.0 Å². The summed E-state index contributed by atoms with van der Waals surface area (Å²) in [5.41, 5.74) is 0.921. The Morgan fingerprint density at radius 3 is 2.41 bits per heavy atom. The quantitative estimate of drug-likeness (QED) is 0.556. The number of hydrogen-bond donors (Lipinski definition) is 0. The van der Waals surface area contributed by atoms with Crippen LogP contribution in [0.3, 0.4) is 0 Å². The zero-order valence-electron chi connectivity index (χ0n) is 15.2. The molecule has 0 amide bonds. The number of hydrogen-bond acceptors (Lipinski definition) is 4. The molecule has 2 aromatic carbocycles. The van der Waals surface area contributed by atoms with Gasteiger partial charge < -0.3 is 4.74 Å². The molecule has 0 bridgehead atoms. The molecule has 0 saturated carbocycles. The number of rotatable bonds is 6. The van der Waals surface area contributed by atoms with E-state index in [0.29, 0.717) is 23.8 Å². The van der Waals surface area contributed by atoms with Gasteiger partial charge in [-0.25, -0.2) is 13.2 Å². The van der Waals surface area contributed by atoms with Crippen LogP contribution in [0.5, 0.6) is 0 Å². The van der Waals surface area contributed by atoms with Gasteiger partial charge in [-0.2, -0.15) is 0 Å². The first-order chi connectivity index (χ1) is 13.0. The van der Waals surface area contributed by atoms with Crippen molar-refractivity contribution < 1.29 is 17.9 Å². The summed E-state index contributed by atoms with van der Waals surface area (Å²) >= 11 is 0. The van der Waals surface area contributed by atoms with Gasteiger partial charge in [0.05, 0.1) is 22.8 Å². The molecule has 0 aliphatic heterocycles. The van der Waals surface area contributed by atoms with E-state index in [1.165, 1.54) is 35.6 Å². The second kappa shape index (κ2) is 8.39. The number of allylic oxidation sites excluding steroid dienone is 2. The predicted octanol–water partition coefficient (Wildman–Crippen LogP) is 4.02. The second-order valence-electron chi connectivity index (χ2n) is 6.58. The third-order valence-electron chi connectivity index (χ3n) is 4.70. The van der Waals surface area contributed by atoms with Crippen molar-refractivity contribution in [2.75, 3.05) is 18.0 Å². The molecule has 5 nitrogen and oxygen atoms in total. The van der Waals surface area contributed by atoms with Crippen LogP contribution in [0, 0.1) is 5.92 Å². The Kier molecular flexibility index (Phi) is 5.96. The molecular weight excluding hydrogens is 362 g/mol. The van der Waals surface area contributed by atoms with E-state index in [4.69, 9.17) is 4.74 Å². The molecule has 1 aliphatic rings. The van der Waals surface area contributed by atoms with Crippen LogP contribution in [0.2, 0.25) is 0 Å². The summed E-state index contributed by atoms with van der Waals surface area (Å²) in [6, 6.07) is 14.7. The minimum atomic E-state index is -3.69. The molecule has 1 atom stereocenters. The van der Waals surface area contributed by atoms with Crippen molar-refractivity contribution in [1.29, 1.82) is 0 Å². The molecule has 27 heavy (non-hydrogen) atoms. The lowest BCUT2D eigenvalue weighted by Crippen LogP contribution is -2.26. The highest BCUT2D eigenvalue weighted by molar-refractivity contribution is 7.92. The zero-order chi connectivity index (χ0) is 19.3. The lowest BCUT2D eigenvalue weighted by molar-refractivity contribution is 0.0432. The number of sulfonamides is 1. The van der Waals surface area contributed by atoms with Crippen LogP contribution in [0.1, 0.15) is 29.6 Å². The summed E-state index contributed by atoms with van der Waals surface area (Å²) in [4.78, 5) is 12.3. The standard InChI is InChI=1S/C21H23NO4S/c1-22(19-10-6-3-7-11-19)27(24,25)20-14-12-18(13-15-20)21(23)26-16-17-8-4-2-5-9-17/h2-4,6-7,10-15,17H,5,8-9,16H2,1H3. The molecule has 2 aromatic rings. The van der Waals surface area contributed by atoms with Crippen LogP contribution in [0.15, 0.2) is 71.6 Å². The number of benzene rings is 2. The zero-order valence-corrected chi connectivity index (χ0v) is 16.1. The van der Waals surface area contributed by atoms with E-state index in [0.717, 1.165) is 19.3 Å². The first-order valence-electron chi connectivity index (χ1n) is 8.94. The van der Waals surface area contributed by atoms with Crippen molar-refractivity contribution in [2.45, 2.75) is 24.2 Å². The molecule has 3 rings (SSSR count). The highest BCUT2D eigenvalue weighted by atomic mass is 32.2. The van der Waals surface area contributed by atoms with E-state index in [1.54, 1.807) is 24.3 Å². The molecule has 0 saturated heterocycles. The smallest absolute Gasteiger partial charge is 0.338 e. The molecule has 0 N–H and O–H groups in total. The molecular formula is C21H23NO4S. The summed E-state index contributed by atoms with van der Waals surface area (Å²) in [6.07, 6.45) is 7.22. The number of anilines is 1. The fraction of sp³-hybridized carbons (Fsp3) is 0.286. The molecule has 1 unspecified atom stereocenters. The van der Waals surface area contributed by atoms with Crippen molar-refractivity contribution in [3.05, 3.63) is 72.3 Å². The SMILES string of the molecule is CN(c1ccccc1)S(=O)(=O)c1ccc(C(=O)OCC2CC=CCC2)cc1. The number of para-hydroxylation sites is 1. The highest BCUT2D eigenvalue weighted by Gasteiger charge is 2.22. The fourth-order valence-corrected chi connectivity index (χ4v) is 4.18. The summed E-state index contributed by atoms with van der Waals surface area (Å²) in [5, 5.41) is 0. The van der Waals surface area contributed by atoms with Gasteiger partial charge in [-0.15, -0.1) is 0 Å². The number of esters is 1. The Bertz CT molecular complexity index is 905. The van der Waals surface area contributed by atoms with Gasteiger partial charge in [0.25, 0.3) is 10.0 Å². The third-order valence-corrected chi connectivity index (χ3v) is 6.50. The predicted molar refractivity (Wildman–Crippen MR) is 105 cm³/mol. The van der Waals surface area contributed by atoms with Crippen molar-refractivity contribution in [2.24, 2.45) is 5.92 Å². The van der Waals surface area contributed by atoms with Gasteiger partial charge in [-0.1, -0.05) is 30.4 Å². The maximum absolute atomic E-state index is 12.7. The molecule has 1 aliphatic carbocycles. The van der Waals surface area contributed by atoms with E-state index >= 15 is 0 Å². The minimum Gasteiger partial charge on any atom is -0.462 e.